The minimum absolute atomic E-state index is 0.307. The molecule has 31 heavy (non-hydrogen) atoms. The zero-order valence-electron chi connectivity index (χ0n) is 16.6. The summed E-state index contributed by atoms with van der Waals surface area (Å²) < 4.78 is 2.74. The van der Waals surface area contributed by atoms with Crippen molar-refractivity contribution in [2.45, 2.75) is 13.5 Å². The Bertz CT molecular complexity index is 1420. The first-order valence-electron chi connectivity index (χ1n) is 9.67. The molecule has 0 aliphatic carbocycles. The fraction of sp³-hybridized carbons (Fsp3) is 0.0870. The fourth-order valence-electron chi connectivity index (χ4n) is 3.48. The average molecular weight is 429 g/mol. The summed E-state index contributed by atoms with van der Waals surface area (Å²) in [5, 5.41) is 9.69. The van der Waals surface area contributed by atoms with E-state index in [-0.39, 0.29) is 5.69 Å². The van der Waals surface area contributed by atoms with Crippen molar-refractivity contribution >= 4 is 17.2 Å². The van der Waals surface area contributed by atoms with Gasteiger partial charge in [-0.05, 0) is 53.9 Å². The van der Waals surface area contributed by atoms with Gasteiger partial charge < -0.3 is 0 Å². The Balaban J connectivity index is 1.73. The Labute approximate surface area is 182 Å². The van der Waals surface area contributed by atoms with Crippen LogP contribution in [0.4, 0.5) is 0 Å². The molecular formula is C23H17ClN6O. The lowest BCUT2D eigenvalue weighted by atomic mass is 9.98. The Hall–Kier alpha value is -3.84. The van der Waals surface area contributed by atoms with Gasteiger partial charge in [-0.3, -0.25) is 9.97 Å². The van der Waals surface area contributed by atoms with Crippen molar-refractivity contribution in [1.29, 1.82) is 0 Å². The largest absolute Gasteiger partial charge is 0.367 e. The maximum Gasteiger partial charge on any atom is 0.367 e. The van der Waals surface area contributed by atoms with Gasteiger partial charge in [0, 0.05) is 40.4 Å². The first-order chi connectivity index (χ1) is 15.1. The standard InChI is InChI=1S/C23H17ClN6O/c1-15-2-3-16(12-26-15)14-29-23(31)30-22(28-29)21(18-8-10-25-11-9-18)20(13-27-30)17-4-6-19(24)7-5-17/h2-13H,14H2,1H3. The van der Waals surface area contributed by atoms with E-state index in [2.05, 4.69) is 20.2 Å². The zero-order valence-corrected chi connectivity index (χ0v) is 17.4. The molecule has 0 spiro atoms. The smallest absolute Gasteiger partial charge is 0.265 e. The summed E-state index contributed by atoms with van der Waals surface area (Å²) in [6.45, 7) is 2.23. The van der Waals surface area contributed by atoms with E-state index in [0.717, 1.165) is 33.5 Å². The number of nitrogens with zero attached hydrogens (tertiary/aromatic N) is 6. The van der Waals surface area contributed by atoms with Gasteiger partial charge in [-0.15, -0.1) is 5.10 Å². The highest BCUT2D eigenvalue weighted by atomic mass is 35.5. The van der Waals surface area contributed by atoms with Crippen LogP contribution in [0.2, 0.25) is 5.02 Å². The second-order valence-corrected chi connectivity index (χ2v) is 7.60. The number of pyridine rings is 2. The van der Waals surface area contributed by atoms with Crippen LogP contribution in [0.5, 0.6) is 0 Å². The van der Waals surface area contributed by atoms with Crippen molar-refractivity contribution in [2.24, 2.45) is 0 Å². The Morgan fingerprint density at radius 3 is 2.42 bits per heavy atom. The Kier molecular flexibility index (Phi) is 4.80. The molecule has 4 aromatic heterocycles. The highest BCUT2D eigenvalue weighted by Crippen LogP contribution is 2.34. The van der Waals surface area contributed by atoms with Crippen molar-refractivity contribution in [3.63, 3.8) is 0 Å². The molecule has 0 aliphatic rings. The normalized spacial score (nSPS) is 11.2. The van der Waals surface area contributed by atoms with E-state index in [0.29, 0.717) is 17.2 Å². The van der Waals surface area contributed by atoms with Gasteiger partial charge in [-0.1, -0.05) is 29.8 Å². The van der Waals surface area contributed by atoms with E-state index in [4.69, 9.17) is 11.6 Å². The lowest BCUT2D eigenvalue weighted by Crippen LogP contribution is -2.23. The first-order valence-corrected chi connectivity index (χ1v) is 10.0. The summed E-state index contributed by atoms with van der Waals surface area (Å²) in [6, 6.07) is 15.1. The molecule has 1 aromatic carbocycles. The Morgan fingerprint density at radius 1 is 0.935 bits per heavy atom. The zero-order chi connectivity index (χ0) is 21.4. The number of aromatic nitrogens is 6. The molecule has 0 atom stereocenters. The summed E-state index contributed by atoms with van der Waals surface area (Å²) in [5.74, 6) is 0. The second kappa shape index (κ2) is 7.77. The molecule has 0 unspecified atom stereocenters. The van der Waals surface area contributed by atoms with Crippen LogP contribution < -0.4 is 5.69 Å². The van der Waals surface area contributed by atoms with Crippen LogP contribution in [0, 0.1) is 6.92 Å². The number of rotatable bonds is 4. The molecular weight excluding hydrogens is 412 g/mol. The third-order valence-electron chi connectivity index (χ3n) is 5.04. The van der Waals surface area contributed by atoms with E-state index < -0.39 is 0 Å². The average Bonchev–Trinajstić information content (AvgIpc) is 3.11. The van der Waals surface area contributed by atoms with Gasteiger partial charge in [0.2, 0.25) is 0 Å². The van der Waals surface area contributed by atoms with Crippen molar-refractivity contribution in [1.82, 2.24) is 29.4 Å². The van der Waals surface area contributed by atoms with Crippen molar-refractivity contribution in [3.8, 4) is 22.3 Å². The number of fused-ring (bicyclic) bond motifs is 1. The van der Waals surface area contributed by atoms with E-state index in [1.54, 1.807) is 24.8 Å². The van der Waals surface area contributed by atoms with Crippen LogP contribution >= 0.6 is 11.6 Å². The minimum atomic E-state index is -0.312. The second-order valence-electron chi connectivity index (χ2n) is 7.16. The van der Waals surface area contributed by atoms with Crippen molar-refractivity contribution in [3.05, 3.63) is 100 Å². The summed E-state index contributed by atoms with van der Waals surface area (Å²) in [7, 11) is 0. The summed E-state index contributed by atoms with van der Waals surface area (Å²) in [5.41, 5.74) is 5.44. The first kappa shape index (κ1) is 19.1. The van der Waals surface area contributed by atoms with E-state index in [1.165, 1.54) is 9.20 Å². The third-order valence-corrected chi connectivity index (χ3v) is 5.29. The fourth-order valence-corrected chi connectivity index (χ4v) is 3.61. The molecule has 152 valence electrons. The van der Waals surface area contributed by atoms with Crippen molar-refractivity contribution in [2.75, 3.05) is 0 Å². The van der Waals surface area contributed by atoms with Crippen molar-refractivity contribution < 1.29 is 0 Å². The molecule has 0 saturated carbocycles. The van der Waals surface area contributed by atoms with Crippen LogP contribution in [0.1, 0.15) is 11.3 Å². The van der Waals surface area contributed by atoms with Gasteiger partial charge in [0.15, 0.2) is 5.65 Å². The highest BCUT2D eigenvalue weighted by Gasteiger charge is 2.18. The molecule has 5 rings (SSSR count). The van der Waals surface area contributed by atoms with E-state index >= 15 is 0 Å². The topological polar surface area (TPSA) is 78.0 Å². The van der Waals surface area contributed by atoms with E-state index in [9.17, 15) is 4.79 Å². The van der Waals surface area contributed by atoms with Crippen LogP contribution in [-0.2, 0) is 6.54 Å². The predicted molar refractivity (Wildman–Crippen MR) is 119 cm³/mol. The van der Waals surface area contributed by atoms with Gasteiger partial charge in [-0.2, -0.15) is 9.61 Å². The number of aryl methyl sites for hydroxylation is 1. The van der Waals surface area contributed by atoms with Crippen LogP contribution in [0.25, 0.3) is 27.9 Å². The molecule has 0 aliphatic heterocycles. The van der Waals surface area contributed by atoms with Gasteiger partial charge in [-0.25, -0.2) is 9.48 Å². The summed E-state index contributed by atoms with van der Waals surface area (Å²) in [6.07, 6.45) is 6.87. The molecule has 0 radical (unpaired) electrons. The monoisotopic (exact) mass is 428 g/mol. The van der Waals surface area contributed by atoms with Gasteiger partial charge >= 0.3 is 5.69 Å². The predicted octanol–water partition coefficient (Wildman–Crippen LogP) is 4.03. The molecule has 8 heteroatoms. The molecule has 0 N–H and O–H groups in total. The maximum atomic E-state index is 13.0. The molecule has 0 saturated heterocycles. The Morgan fingerprint density at radius 2 is 1.71 bits per heavy atom. The third kappa shape index (κ3) is 3.60. The highest BCUT2D eigenvalue weighted by molar-refractivity contribution is 6.30. The van der Waals surface area contributed by atoms with Crippen LogP contribution in [-0.4, -0.2) is 29.4 Å². The quantitative estimate of drug-likeness (QED) is 0.432. The molecule has 0 fully saturated rings. The number of hydrogen-bond acceptors (Lipinski definition) is 5. The van der Waals surface area contributed by atoms with Gasteiger partial charge in [0.05, 0.1) is 12.7 Å². The van der Waals surface area contributed by atoms with E-state index in [1.807, 2.05) is 55.5 Å². The number of hydrogen-bond donors (Lipinski definition) is 0. The maximum absolute atomic E-state index is 13.0. The molecule has 4 heterocycles. The SMILES string of the molecule is Cc1ccc(Cn2nc3c(-c4ccncc4)c(-c4ccc(Cl)cc4)cnn3c2=O)cn1. The summed E-state index contributed by atoms with van der Waals surface area (Å²) in [4.78, 5) is 21.4. The summed E-state index contributed by atoms with van der Waals surface area (Å²) >= 11 is 6.07. The minimum Gasteiger partial charge on any atom is -0.265 e. The van der Waals surface area contributed by atoms with Gasteiger partial charge in [0.25, 0.3) is 0 Å². The lowest BCUT2D eigenvalue weighted by molar-refractivity contribution is 0.648. The lowest BCUT2D eigenvalue weighted by Gasteiger charge is -2.10. The molecule has 5 aromatic rings. The number of benzene rings is 1. The molecule has 0 bridgehead atoms. The van der Waals surface area contributed by atoms with Crippen LogP contribution in [0.3, 0.4) is 0 Å². The molecule has 7 nitrogen and oxygen atoms in total. The number of halogens is 1. The van der Waals surface area contributed by atoms with Crippen LogP contribution in [0.15, 0.2) is 78.1 Å². The molecule has 0 amide bonds. The van der Waals surface area contributed by atoms with Gasteiger partial charge in [0.1, 0.15) is 0 Å².